The molecule has 90 heavy (non-hydrogen) atoms. The van der Waals surface area contributed by atoms with Crippen LogP contribution in [0.25, 0.3) is 123 Å². The number of nitrogens with zero attached hydrogens (tertiary/aromatic N) is 8. The van der Waals surface area contributed by atoms with Crippen molar-refractivity contribution in [3.05, 3.63) is 245 Å². The second-order valence-corrected chi connectivity index (χ2v) is 28.0. The zero-order chi connectivity index (χ0) is 63.2. The molecule has 0 unspecified atom stereocenters. The Morgan fingerprint density at radius 3 is 0.944 bits per heavy atom. The molecular weight excluding hydrogens is 1100 g/mol. The molecule has 0 aliphatic carbocycles. The van der Waals surface area contributed by atoms with Crippen molar-refractivity contribution in [3.63, 3.8) is 0 Å². The molecule has 0 aliphatic rings. The van der Waals surface area contributed by atoms with E-state index >= 15 is 0 Å². The summed E-state index contributed by atoms with van der Waals surface area (Å²) in [5, 5.41) is 35.0. The summed E-state index contributed by atoms with van der Waals surface area (Å²) in [6.07, 6.45) is 0. The maximum Gasteiger partial charge on any atom is 0.166 e. The molecule has 10 aromatic carbocycles. The molecule has 3 aromatic heterocycles. The van der Waals surface area contributed by atoms with Gasteiger partial charge in [0.1, 0.15) is 0 Å². The maximum absolute atomic E-state index is 10.3. The van der Waals surface area contributed by atoms with E-state index in [-0.39, 0.29) is 21.7 Å². The lowest BCUT2D eigenvalue weighted by Crippen LogP contribution is -2.10. The van der Waals surface area contributed by atoms with E-state index in [1.807, 2.05) is 84.9 Å². The van der Waals surface area contributed by atoms with E-state index in [9.17, 15) is 15.8 Å². The number of rotatable bonds is 8. The molecule has 0 fully saturated rings. The van der Waals surface area contributed by atoms with Crippen molar-refractivity contribution >= 4 is 43.6 Å². The van der Waals surface area contributed by atoms with Crippen molar-refractivity contribution in [1.29, 1.82) is 15.8 Å². The van der Waals surface area contributed by atoms with Gasteiger partial charge in [-0.15, -0.1) is 0 Å². The average Bonchev–Trinajstić information content (AvgIpc) is 1.55. The van der Waals surface area contributed by atoms with Crippen LogP contribution in [0.3, 0.4) is 0 Å². The number of hydrogen-bond donors (Lipinski definition) is 0. The molecule has 3 heterocycles. The molecule has 438 valence electrons. The lowest BCUT2D eigenvalue weighted by atomic mass is 9.85. The lowest BCUT2D eigenvalue weighted by Gasteiger charge is -2.20. The molecule has 8 heteroatoms. The summed E-state index contributed by atoms with van der Waals surface area (Å²) < 4.78 is 4.73. The van der Waals surface area contributed by atoms with Crippen LogP contribution in [0.5, 0.6) is 0 Å². The van der Waals surface area contributed by atoms with Crippen molar-refractivity contribution in [2.24, 2.45) is 0 Å². The summed E-state index contributed by atoms with van der Waals surface area (Å²) in [5.41, 5.74) is 19.6. The van der Waals surface area contributed by atoms with Crippen LogP contribution in [0.15, 0.2) is 206 Å². The van der Waals surface area contributed by atoms with Crippen LogP contribution in [-0.4, -0.2) is 24.1 Å². The summed E-state index contributed by atoms with van der Waals surface area (Å²) in [7, 11) is 0. The van der Waals surface area contributed by atoms with Crippen LogP contribution in [0, 0.1) is 34.0 Å². The first-order valence-corrected chi connectivity index (χ1v) is 30.8. The molecule has 0 aliphatic heterocycles. The third kappa shape index (κ3) is 10.6. The average molecular weight is 1170 g/mol. The van der Waals surface area contributed by atoms with E-state index in [4.69, 9.17) is 15.0 Å². The summed E-state index contributed by atoms with van der Waals surface area (Å²) in [6, 6.07) is 78.8. The van der Waals surface area contributed by atoms with Crippen LogP contribution >= 0.6 is 0 Å². The molecule has 0 bridgehead atoms. The highest BCUT2D eigenvalue weighted by atomic mass is 15.1. The fourth-order valence-electron chi connectivity index (χ4n) is 12.5. The first kappa shape index (κ1) is 58.3. The van der Waals surface area contributed by atoms with Crippen LogP contribution in [0.1, 0.15) is 122 Å². The molecule has 0 spiro atoms. The molecule has 0 N–H and O–H groups in total. The molecule has 0 saturated carbocycles. The predicted molar refractivity (Wildman–Crippen MR) is 370 cm³/mol. The Kier molecular flexibility index (Phi) is 14.2. The quantitative estimate of drug-likeness (QED) is 0.149. The Morgan fingerprint density at radius 2 is 0.600 bits per heavy atom. The highest BCUT2D eigenvalue weighted by Crippen LogP contribution is 2.45. The van der Waals surface area contributed by atoms with Gasteiger partial charge in [0.2, 0.25) is 0 Å². The number of hydrogen-bond acceptors (Lipinski definition) is 6. The van der Waals surface area contributed by atoms with Gasteiger partial charge < -0.3 is 9.13 Å². The highest BCUT2D eigenvalue weighted by molar-refractivity contribution is 6.12. The van der Waals surface area contributed by atoms with Crippen LogP contribution in [0.2, 0.25) is 0 Å². The number of nitriles is 3. The molecule has 0 radical (unpaired) electrons. The van der Waals surface area contributed by atoms with E-state index in [0.717, 1.165) is 105 Å². The third-order valence-electron chi connectivity index (χ3n) is 17.7. The smallest absolute Gasteiger partial charge is 0.166 e. The topological polar surface area (TPSA) is 120 Å². The van der Waals surface area contributed by atoms with Gasteiger partial charge in [-0.3, -0.25) is 0 Å². The van der Waals surface area contributed by atoms with E-state index in [0.29, 0.717) is 34.2 Å². The fraction of sp³-hybridized carbons (Fsp3) is 0.195. The molecule has 0 saturated heterocycles. The summed E-state index contributed by atoms with van der Waals surface area (Å²) in [5.74, 6) is 1.31. The Bertz CT molecular complexity index is 4780. The monoisotopic (exact) mass is 1170 g/mol. The standard InChI is InChI=1S/C82H70N8/c1-79(2,3)58-29-35-70-64(43-58)65-44-59(80(4,5)6)30-36-71(65)89(70)74-33-27-56(54-19-15-17-51(39-54)48-84)41-68(74)77-86-76(63-22-14-13-21-62(63)53-25-23-50(47-83)24-26-53)87-78(88-77)69-42-57(55-20-16-18-52(40-55)49-85)28-34-75(69)90-72-37-31-60(81(7,8)9)45-66(72)67-46-61(82(10,11)12)32-38-73(67)90/h13-46H,1-12H3. The number of aromatic nitrogens is 5. The fourth-order valence-corrected chi connectivity index (χ4v) is 12.5. The zero-order valence-corrected chi connectivity index (χ0v) is 53.2. The molecular formula is C82H70N8. The van der Waals surface area contributed by atoms with Crippen molar-refractivity contribution < 1.29 is 0 Å². The summed E-state index contributed by atoms with van der Waals surface area (Å²) >= 11 is 0. The largest absolute Gasteiger partial charge is 0.309 e. The Labute approximate surface area is 527 Å². The minimum Gasteiger partial charge on any atom is -0.309 e. The van der Waals surface area contributed by atoms with Gasteiger partial charge in [-0.05, 0) is 186 Å². The van der Waals surface area contributed by atoms with E-state index in [2.05, 4.69) is 232 Å². The van der Waals surface area contributed by atoms with E-state index in [1.165, 1.54) is 22.3 Å². The Morgan fingerprint density at radius 1 is 0.278 bits per heavy atom. The lowest BCUT2D eigenvalue weighted by molar-refractivity contribution is 0.590. The van der Waals surface area contributed by atoms with Gasteiger partial charge in [-0.2, -0.15) is 15.8 Å². The summed E-state index contributed by atoms with van der Waals surface area (Å²) in [6.45, 7) is 27.2. The molecule has 13 aromatic rings. The van der Waals surface area contributed by atoms with E-state index < -0.39 is 0 Å². The number of fused-ring (bicyclic) bond motifs is 6. The first-order valence-electron chi connectivity index (χ1n) is 30.8. The number of benzene rings is 10. The minimum absolute atomic E-state index is 0.112. The van der Waals surface area contributed by atoms with Crippen molar-refractivity contribution in [2.45, 2.75) is 105 Å². The minimum atomic E-state index is -0.112. The van der Waals surface area contributed by atoms with Gasteiger partial charge in [-0.1, -0.05) is 180 Å². The predicted octanol–water partition coefficient (Wildman–Crippen LogP) is 20.9. The van der Waals surface area contributed by atoms with Gasteiger partial charge in [0.05, 0.1) is 68.3 Å². The van der Waals surface area contributed by atoms with Gasteiger partial charge in [-0.25, -0.2) is 15.0 Å². The Hall–Kier alpha value is -10.7. The van der Waals surface area contributed by atoms with Gasteiger partial charge in [0, 0.05) is 38.2 Å². The molecule has 0 amide bonds. The van der Waals surface area contributed by atoms with Crippen molar-refractivity contribution in [2.75, 3.05) is 0 Å². The second-order valence-electron chi connectivity index (χ2n) is 28.0. The zero-order valence-electron chi connectivity index (χ0n) is 53.2. The van der Waals surface area contributed by atoms with Crippen molar-refractivity contribution in [3.8, 4) is 97.1 Å². The highest BCUT2D eigenvalue weighted by Gasteiger charge is 2.28. The third-order valence-corrected chi connectivity index (χ3v) is 17.7. The van der Waals surface area contributed by atoms with Crippen LogP contribution in [-0.2, 0) is 21.7 Å². The van der Waals surface area contributed by atoms with Crippen LogP contribution in [0.4, 0.5) is 0 Å². The van der Waals surface area contributed by atoms with Crippen molar-refractivity contribution in [1.82, 2.24) is 24.1 Å². The van der Waals surface area contributed by atoms with Gasteiger partial charge in [0.15, 0.2) is 17.5 Å². The molecule has 8 nitrogen and oxygen atoms in total. The maximum atomic E-state index is 10.3. The summed E-state index contributed by atoms with van der Waals surface area (Å²) in [4.78, 5) is 17.2. The van der Waals surface area contributed by atoms with Gasteiger partial charge in [0.25, 0.3) is 0 Å². The SMILES string of the molecule is CC(C)(C)c1ccc2c(c1)c1cc(C(C)(C)C)ccc1n2-c1ccc(-c2cccc(C#N)c2)cc1-c1nc(-c2ccccc2-c2ccc(C#N)cc2)nc(-c2cc(-c3cccc(C#N)c3)ccc2-n2c3ccc(C(C)(C)C)cc3c3cc(C(C)(C)C)ccc32)n1. The van der Waals surface area contributed by atoms with Gasteiger partial charge >= 0.3 is 0 Å². The first-order chi connectivity index (χ1) is 43.0. The normalized spacial score (nSPS) is 12.2. The van der Waals surface area contributed by atoms with Crippen LogP contribution < -0.4 is 0 Å². The molecule has 0 atom stereocenters. The second kappa shape index (κ2) is 21.8. The van der Waals surface area contributed by atoms with E-state index in [1.54, 1.807) is 0 Å². The Balaban J connectivity index is 1.18. The molecule has 13 rings (SSSR count).